The molecule has 1 nitrogen and oxygen atoms in total. The first-order valence-electron chi connectivity index (χ1n) is 4.70. The van der Waals surface area contributed by atoms with Gasteiger partial charge in [0.1, 0.15) is 5.82 Å². The number of benzene rings is 1. The lowest BCUT2D eigenvalue weighted by Gasteiger charge is -2.14. The zero-order valence-corrected chi connectivity index (χ0v) is 10.4. The van der Waals surface area contributed by atoms with Crippen molar-refractivity contribution in [2.75, 3.05) is 7.05 Å². The average Bonchev–Trinajstić information content (AvgIpc) is 2.17. The van der Waals surface area contributed by atoms with Crippen LogP contribution >= 0.6 is 15.9 Å². The molecular formula is C12H13BrFN. The first-order valence-corrected chi connectivity index (χ1v) is 5.49. The highest BCUT2D eigenvalue weighted by Gasteiger charge is 2.09. The average molecular weight is 270 g/mol. The van der Waals surface area contributed by atoms with Crippen LogP contribution in [0.1, 0.15) is 24.9 Å². The number of halogens is 2. The Morgan fingerprint density at radius 3 is 2.73 bits per heavy atom. The summed E-state index contributed by atoms with van der Waals surface area (Å²) in [5.41, 5.74) is 0.909. The maximum Gasteiger partial charge on any atom is 0.124 e. The fourth-order valence-electron chi connectivity index (χ4n) is 1.37. The van der Waals surface area contributed by atoms with Crippen LogP contribution in [-0.4, -0.2) is 7.05 Å². The van der Waals surface area contributed by atoms with E-state index in [4.69, 9.17) is 0 Å². The third kappa shape index (κ3) is 3.65. The summed E-state index contributed by atoms with van der Waals surface area (Å²) >= 11 is 3.27. The lowest BCUT2D eigenvalue weighted by molar-refractivity contribution is 0.589. The third-order valence-corrected chi connectivity index (χ3v) is 2.58. The molecule has 0 aliphatic carbocycles. The van der Waals surface area contributed by atoms with E-state index in [1.807, 2.05) is 13.1 Å². The van der Waals surface area contributed by atoms with E-state index in [0.717, 1.165) is 10.0 Å². The summed E-state index contributed by atoms with van der Waals surface area (Å²) < 4.78 is 13.9. The van der Waals surface area contributed by atoms with Crippen molar-refractivity contribution in [2.24, 2.45) is 0 Å². The van der Waals surface area contributed by atoms with Crippen LogP contribution in [0.3, 0.4) is 0 Å². The molecule has 1 N–H and O–H groups in total. The van der Waals surface area contributed by atoms with Crippen LogP contribution in [0.15, 0.2) is 22.7 Å². The van der Waals surface area contributed by atoms with E-state index in [1.165, 1.54) is 12.1 Å². The molecule has 80 valence electrons. The molecule has 1 aromatic rings. The van der Waals surface area contributed by atoms with Gasteiger partial charge in [-0.1, -0.05) is 15.9 Å². The first kappa shape index (κ1) is 12.2. The van der Waals surface area contributed by atoms with Crippen LogP contribution in [0.5, 0.6) is 0 Å². The smallest absolute Gasteiger partial charge is 0.124 e. The highest BCUT2D eigenvalue weighted by molar-refractivity contribution is 9.10. The molecule has 0 saturated heterocycles. The molecule has 0 radical (unpaired) electrons. The zero-order chi connectivity index (χ0) is 11.3. The Morgan fingerprint density at radius 1 is 1.47 bits per heavy atom. The second-order valence-electron chi connectivity index (χ2n) is 3.17. The van der Waals surface area contributed by atoms with E-state index >= 15 is 0 Å². The Kier molecular flexibility index (Phi) is 4.80. The minimum absolute atomic E-state index is 0.0736. The summed E-state index contributed by atoms with van der Waals surface area (Å²) in [5.74, 6) is 5.59. The summed E-state index contributed by atoms with van der Waals surface area (Å²) in [7, 11) is 1.85. The molecule has 3 heteroatoms. The van der Waals surface area contributed by atoms with Crippen LogP contribution in [0, 0.1) is 17.7 Å². The summed E-state index contributed by atoms with van der Waals surface area (Å²) in [4.78, 5) is 0. The highest BCUT2D eigenvalue weighted by Crippen LogP contribution is 2.22. The van der Waals surface area contributed by atoms with Gasteiger partial charge in [0.25, 0.3) is 0 Å². The van der Waals surface area contributed by atoms with Crippen molar-refractivity contribution in [3.05, 3.63) is 34.1 Å². The molecule has 0 fully saturated rings. The lowest BCUT2D eigenvalue weighted by Crippen LogP contribution is -2.15. The van der Waals surface area contributed by atoms with Crippen molar-refractivity contribution in [3.63, 3.8) is 0 Å². The Hall–Kier alpha value is -0.850. The standard InChI is InChI=1S/C12H13BrFN/c1-3-4-5-12(15-2)9-6-10(13)8-11(14)7-9/h6-8,12,15H,5H2,1-2H3. The van der Waals surface area contributed by atoms with Gasteiger partial charge in [-0.25, -0.2) is 4.39 Å². The topological polar surface area (TPSA) is 12.0 Å². The fourth-order valence-corrected chi connectivity index (χ4v) is 1.85. The van der Waals surface area contributed by atoms with Gasteiger partial charge >= 0.3 is 0 Å². The molecular weight excluding hydrogens is 257 g/mol. The van der Waals surface area contributed by atoms with Crippen molar-refractivity contribution in [1.82, 2.24) is 5.32 Å². The van der Waals surface area contributed by atoms with E-state index < -0.39 is 0 Å². The zero-order valence-electron chi connectivity index (χ0n) is 8.77. The Bertz CT molecular complexity index is 372. The van der Waals surface area contributed by atoms with E-state index in [-0.39, 0.29) is 11.9 Å². The molecule has 0 heterocycles. The number of hydrogen-bond acceptors (Lipinski definition) is 1. The number of hydrogen-bond donors (Lipinski definition) is 1. The fraction of sp³-hybridized carbons (Fsp3) is 0.333. The van der Waals surface area contributed by atoms with E-state index in [9.17, 15) is 4.39 Å². The van der Waals surface area contributed by atoms with Crippen molar-refractivity contribution < 1.29 is 4.39 Å². The summed E-state index contributed by atoms with van der Waals surface area (Å²) in [6.07, 6.45) is 0.683. The lowest BCUT2D eigenvalue weighted by atomic mass is 10.0. The summed E-state index contributed by atoms with van der Waals surface area (Å²) in [5, 5.41) is 3.12. The Balaban J connectivity index is 2.93. The molecule has 1 unspecified atom stereocenters. The van der Waals surface area contributed by atoms with Crippen molar-refractivity contribution in [1.29, 1.82) is 0 Å². The van der Waals surface area contributed by atoms with Crippen LogP contribution in [0.2, 0.25) is 0 Å². The normalized spacial score (nSPS) is 11.7. The summed E-state index contributed by atoms with van der Waals surface area (Å²) in [6.45, 7) is 1.80. The molecule has 0 spiro atoms. The van der Waals surface area contributed by atoms with Crippen molar-refractivity contribution >= 4 is 15.9 Å². The highest BCUT2D eigenvalue weighted by atomic mass is 79.9. The number of rotatable bonds is 3. The van der Waals surface area contributed by atoms with Gasteiger partial charge in [-0.15, -0.1) is 11.8 Å². The van der Waals surface area contributed by atoms with Crippen LogP contribution in [-0.2, 0) is 0 Å². The predicted octanol–water partition coefficient (Wildman–Crippen LogP) is 3.26. The van der Waals surface area contributed by atoms with Gasteiger partial charge in [0.15, 0.2) is 0 Å². The molecule has 0 amide bonds. The molecule has 1 aromatic carbocycles. The van der Waals surface area contributed by atoms with E-state index in [2.05, 4.69) is 33.1 Å². The van der Waals surface area contributed by atoms with Crippen molar-refractivity contribution in [3.8, 4) is 11.8 Å². The van der Waals surface area contributed by atoms with Crippen LogP contribution in [0.4, 0.5) is 4.39 Å². The molecule has 0 aliphatic heterocycles. The van der Waals surface area contributed by atoms with E-state index in [1.54, 1.807) is 6.92 Å². The monoisotopic (exact) mass is 269 g/mol. The third-order valence-electron chi connectivity index (χ3n) is 2.12. The maximum atomic E-state index is 13.2. The minimum Gasteiger partial charge on any atom is -0.312 e. The number of nitrogens with one attached hydrogen (secondary N) is 1. The summed E-state index contributed by atoms with van der Waals surface area (Å²) in [6, 6.07) is 4.96. The van der Waals surface area contributed by atoms with Crippen LogP contribution in [0.25, 0.3) is 0 Å². The second kappa shape index (κ2) is 5.89. The molecule has 0 aromatic heterocycles. The predicted molar refractivity (Wildman–Crippen MR) is 64.0 cm³/mol. The SMILES string of the molecule is CC#CCC(NC)c1cc(F)cc(Br)c1. The van der Waals surface area contributed by atoms with Gasteiger partial charge in [0.2, 0.25) is 0 Å². The van der Waals surface area contributed by atoms with Gasteiger partial charge in [-0.3, -0.25) is 0 Å². The van der Waals surface area contributed by atoms with Gasteiger partial charge in [0, 0.05) is 16.9 Å². The van der Waals surface area contributed by atoms with Gasteiger partial charge in [-0.2, -0.15) is 0 Å². The molecule has 1 rings (SSSR count). The minimum atomic E-state index is -0.232. The van der Waals surface area contributed by atoms with Crippen LogP contribution < -0.4 is 5.32 Å². The second-order valence-corrected chi connectivity index (χ2v) is 4.09. The molecule has 15 heavy (non-hydrogen) atoms. The van der Waals surface area contributed by atoms with Gasteiger partial charge < -0.3 is 5.32 Å². The molecule has 1 atom stereocenters. The van der Waals surface area contributed by atoms with E-state index in [0.29, 0.717) is 6.42 Å². The maximum absolute atomic E-state index is 13.2. The molecule has 0 saturated carbocycles. The first-order chi connectivity index (χ1) is 7.17. The van der Waals surface area contributed by atoms with Crippen molar-refractivity contribution in [2.45, 2.75) is 19.4 Å². The Labute approximate surface area is 98.2 Å². The quantitative estimate of drug-likeness (QED) is 0.831. The van der Waals surface area contributed by atoms with Gasteiger partial charge in [-0.05, 0) is 37.7 Å². The largest absolute Gasteiger partial charge is 0.312 e. The van der Waals surface area contributed by atoms with Gasteiger partial charge in [0.05, 0.1) is 0 Å². The Morgan fingerprint density at radius 2 is 2.20 bits per heavy atom. The molecule has 0 aliphatic rings. The molecule has 0 bridgehead atoms.